The fraction of sp³-hybridized carbons (Fsp3) is 0.136. The van der Waals surface area contributed by atoms with Crippen LogP contribution in [0.3, 0.4) is 0 Å². The highest BCUT2D eigenvalue weighted by molar-refractivity contribution is 5.66. The molecule has 2 aromatic heterocycles. The number of benzene rings is 2. The molecule has 0 amide bonds. The molecule has 154 valence electrons. The zero-order valence-electron chi connectivity index (χ0n) is 15.8. The van der Waals surface area contributed by atoms with E-state index in [4.69, 9.17) is 9.47 Å². The van der Waals surface area contributed by atoms with E-state index in [0.717, 1.165) is 23.3 Å². The average molecular weight is 416 g/mol. The molecule has 0 aliphatic heterocycles. The van der Waals surface area contributed by atoms with Gasteiger partial charge in [0, 0.05) is 23.5 Å². The maximum atomic E-state index is 13.5. The van der Waals surface area contributed by atoms with Gasteiger partial charge in [-0.2, -0.15) is 13.2 Å². The Kier molecular flexibility index (Phi) is 5.07. The summed E-state index contributed by atoms with van der Waals surface area (Å²) >= 11 is 0. The highest BCUT2D eigenvalue weighted by Gasteiger charge is 2.33. The SMILES string of the molecule is COc1cc(-c2cn3ccccc3n2)ccc1OCc1cc(F)ccc1C(F)(F)F. The van der Waals surface area contributed by atoms with Gasteiger partial charge in [-0.05, 0) is 48.5 Å². The number of halogens is 4. The van der Waals surface area contributed by atoms with Crippen LogP contribution in [0, 0.1) is 5.82 Å². The number of nitrogens with zero attached hydrogens (tertiary/aromatic N) is 2. The quantitative estimate of drug-likeness (QED) is 0.389. The Hall–Kier alpha value is -3.55. The summed E-state index contributed by atoms with van der Waals surface area (Å²) in [6, 6.07) is 12.9. The van der Waals surface area contributed by atoms with Crippen molar-refractivity contribution >= 4 is 5.65 Å². The molecule has 0 unspecified atom stereocenters. The second-order valence-electron chi connectivity index (χ2n) is 6.55. The van der Waals surface area contributed by atoms with Gasteiger partial charge in [0.2, 0.25) is 0 Å². The topological polar surface area (TPSA) is 35.8 Å². The molecule has 2 heterocycles. The number of ether oxygens (including phenoxy) is 2. The summed E-state index contributed by atoms with van der Waals surface area (Å²) in [5, 5.41) is 0. The smallest absolute Gasteiger partial charge is 0.416 e. The van der Waals surface area contributed by atoms with Crippen molar-refractivity contribution in [3.8, 4) is 22.8 Å². The Morgan fingerprint density at radius 1 is 1.00 bits per heavy atom. The molecule has 0 saturated carbocycles. The van der Waals surface area contributed by atoms with E-state index >= 15 is 0 Å². The van der Waals surface area contributed by atoms with Gasteiger partial charge in [-0.3, -0.25) is 0 Å². The van der Waals surface area contributed by atoms with Gasteiger partial charge in [0.1, 0.15) is 18.1 Å². The Bertz CT molecular complexity index is 1170. The van der Waals surface area contributed by atoms with Crippen molar-refractivity contribution in [3.63, 3.8) is 0 Å². The Balaban J connectivity index is 1.61. The Morgan fingerprint density at radius 3 is 2.57 bits per heavy atom. The molecular formula is C22H16F4N2O2. The first-order valence-electron chi connectivity index (χ1n) is 8.96. The third-order valence-corrected chi connectivity index (χ3v) is 4.58. The summed E-state index contributed by atoms with van der Waals surface area (Å²) in [5.74, 6) is -0.201. The summed E-state index contributed by atoms with van der Waals surface area (Å²) in [7, 11) is 1.43. The molecule has 0 spiro atoms. The minimum absolute atomic E-state index is 0.238. The predicted octanol–water partition coefficient (Wildman–Crippen LogP) is 5.75. The lowest BCUT2D eigenvalue weighted by molar-refractivity contribution is -0.138. The van der Waals surface area contributed by atoms with Crippen LogP contribution in [0.25, 0.3) is 16.9 Å². The van der Waals surface area contributed by atoms with Crippen LogP contribution in [0.2, 0.25) is 0 Å². The van der Waals surface area contributed by atoms with Gasteiger partial charge in [0.25, 0.3) is 0 Å². The summed E-state index contributed by atoms with van der Waals surface area (Å²) in [6.07, 6.45) is -0.881. The molecule has 0 fully saturated rings. The lowest BCUT2D eigenvalue weighted by atomic mass is 10.1. The van der Waals surface area contributed by atoms with Gasteiger partial charge in [-0.15, -0.1) is 0 Å². The summed E-state index contributed by atoms with van der Waals surface area (Å²) in [5.41, 5.74) is 0.996. The molecule has 0 N–H and O–H groups in total. The minimum Gasteiger partial charge on any atom is -0.493 e. The molecule has 2 aromatic carbocycles. The number of alkyl halides is 3. The fourth-order valence-corrected chi connectivity index (χ4v) is 3.13. The number of hydrogen-bond donors (Lipinski definition) is 0. The van der Waals surface area contributed by atoms with Crippen LogP contribution in [-0.2, 0) is 12.8 Å². The first-order chi connectivity index (χ1) is 14.3. The number of imidazole rings is 1. The molecule has 0 saturated heterocycles. The van der Waals surface area contributed by atoms with E-state index in [9.17, 15) is 17.6 Å². The van der Waals surface area contributed by atoms with E-state index in [1.54, 1.807) is 18.2 Å². The number of rotatable bonds is 5. The number of hydrogen-bond acceptors (Lipinski definition) is 3. The van der Waals surface area contributed by atoms with Crippen molar-refractivity contribution in [1.29, 1.82) is 0 Å². The molecule has 4 aromatic rings. The van der Waals surface area contributed by atoms with Gasteiger partial charge >= 0.3 is 6.18 Å². The summed E-state index contributed by atoms with van der Waals surface area (Å²) in [4.78, 5) is 4.53. The maximum absolute atomic E-state index is 13.5. The summed E-state index contributed by atoms with van der Waals surface area (Å²) < 4.78 is 65.7. The van der Waals surface area contributed by atoms with Gasteiger partial charge in [-0.1, -0.05) is 6.07 Å². The standard InChI is InChI=1S/C22H16F4N2O2/c1-29-20-11-14(18-12-28-9-3-2-4-21(28)27-18)5-8-19(20)30-13-15-10-16(23)6-7-17(15)22(24,25)26/h2-12H,13H2,1H3. The molecule has 0 radical (unpaired) electrons. The van der Waals surface area contributed by atoms with Gasteiger partial charge in [0.15, 0.2) is 11.5 Å². The third-order valence-electron chi connectivity index (χ3n) is 4.58. The molecule has 8 heteroatoms. The van der Waals surface area contributed by atoms with Crippen LogP contribution < -0.4 is 9.47 Å². The summed E-state index contributed by atoms with van der Waals surface area (Å²) in [6.45, 7) is -0.462. The number of methoxy groups -OCH3 is 1. The van der Waals surface area contributed by atoms with Crippen molar-refractivity contribution in [3.05, 3.63) is 83.9 Å². The lowest BCUT2D eigenvalue weighted by Gasteiger charge is -2.15. The van der Waals surface area contributed by atoms with E-state index in [-0.39, 0.29) is 11.3 Å². The fourth-order valence-electron chi connectivity index (χ4n) is 3.13. The largest absolute Gasteiger partial charge is 0.493 e. The Labute approximate surface area is 169 Å². The van der Waals surface area contributed by atoms with E-state index < -0.39 is 24.2 Å². The third kappa shape index (κ3) is 3.94. The minimum atomic E-state index is -4.61. The zero-order chi connectivity index (χ0) is 21.3. The Morgan fingerprint density at radius 2 is 1.83 bits per heavy atom. The van der Waals surface area contributed by atoms with Gasteiger partial charge in [0.05, 0.1) is 18.4 Å². The van der Waals surface area contributed by atoms with Crippen molar-refractivity contribution in [2.24, 2.45) is 0 Å². The molecular weight excluding hydrogens is 400 g/mol. The number of pyridine rings is 1. The number of fused-ring (bicyclic) bond motifs is 1. The normalized spacial score (nSPS) is 11.6. The maximum Gasteiger partial charge on any atom is 0.416 e. The average Bonchev–Trinajstić information content (AvgIpc) is 3.15. The van der Waals surface area contributed by atoms with Crippen molar-refractivity contribution < 1.29 is 27.0 Å². The molecule has 0 aliphatic carbocycles. The van der Waals surface area contributed by atoms with Crippen molar-refractivity contribution in [1.82, 2.24) is 9.38 Å². The van der Waals surface area contributed by atoms with Crippen molar-refractivity contribution in [2.45, 2.75) is 12.8 Å². The van der Waals surface area contributed by atoms with Gasteiger partial charge < -0.3 is 13.9 Å². The molecule has 4 rings (SSSR count). The second kappa shape index (κ2) is 7.70. The molecule has 0 aliphatic rings. The zero-order valence-corrected chi connectivity index (χ0v) is 15.8. The first kappa shape index (κ1) is 19.8. The lowest BCUT2D eigenvalue weighted by Crippen LogP contribution is -2.11. The van der Waals surface area contributed by atoms with Gasteiger partial charge in [-0.25, -0.2) is 9.37 Å². The molecule has 30 heavy (non-hydrogen) atoms. The van der Waals surface area contributed by atoms with Crippen LogP contribution in [0.4, 0.5) is 17.6 Å². The van der Waals surface area contributed by atoms with Crippen LogP contribution in [0.1, 0.15) is 11.1 Å². The van der Waals surface area contributed by atoms with Crippen LogP contribution in [-0.4, -0.2) is 16.5 Å². The predicted molar refractivity (Wildman–Crippen MR) is 103 cm³/mol. The molecule has 0 atom stereocenters. The van der Waals surface area contributed by atoms with Crippen LogP contribution in [0.15, 0.2) is 67.0 Å². The van der Waals surface area contributed by atoms with Crippen molar-refractivity contribution in [2.75, 3.05) is 7.11 Å². The molecule has 0 bridgehead atoms. The van der Waals surface area contributed by atoms with Crippen LogP contribution in [0.5, 0.6) is 11.5 Å². The highest BCUT2D eigenvalue weighted by atomic mass is 19.4. The highest BCUT2D eigenvalue weighted by Crippen LogP contribution is 2.35. The first-order valence-corrected chi connectivity index (χ1v) is 8.96. The van der Waals surface area contributed by atoms with Crippen LogP contribution >= 0.6 is 0 Å². The molecule has 4 nitrogen and oxygen atoms in total. The van der Waals surface area contributed by atoms with E-state index in [0.29, 0.717) is 17.5 Å². The van der Waals surface area contributed by atoms with E-state index in [1.807, 2.05) is 35.0 Å². The number of aromatic nitrogens is 2. The van der Waals surface area contributed by atoms with E-state index in [1.165, 1.54) is 7.11 Å². The monoisotopic (exact) mass is 416 g/mol. The van der Waals surface area contributed by atoms with E-state index in [2.05, 4.69) is 4.98 Å². The second-order valence-corrected chi connectivity index (χ2v) is 6.55.